The highest BCUT2D eigenvalue weighted by atomic mass is 35.5. The van der Waals surface area contributed by atoms with Gasteiger partial charge in [0.1, 0.15) is 0 Å². The standard InChI is InChI=1S/C7H5ClF2N2O3/c8-2-3-1-4(6(9)10)11-7(5(3)13)12(14)15/h1,6,13H,2H2. The Morgan fingerprint density at radius 2 is 2.27 bits per heavy atom. The van der Waals surface area contributed by atoms with Gasteiger partial charge in [-0.2, -0.15) is 0 Å². The van der Waals surface area contributed by atoms with Crippen LogP contribution in [0.1, 0.15) is 17.7 Å². The Kier molecular flexibility index (Phi) is 3.35. The third-order valence-electron chi connectivity index (χ3n) is 1.61. The maximum atomic E-state index is 12.2. The maximum absolute atomic E-state index is 12.2. The largest absolute Gasteiger partial charge is 0.501 e. The Bertz CT molecular complexity index is 400. The van der Waals surface area contributed by atoms with Crippen molar-refractivity contribution in [1.82, 2.24) is 4.98 Å². The van der Waals surface area contributed by atoms with Crippen molar-refractivity contribution in [3.63, 3.8) is 0 Å². The first-order valence-corrected chi connectivity index (χ1v) is 4.22. The minimum absolute atomic E-state index is 0.145. The predicted octanol–water partition coefficient (Wildman–Crippen LogP) is 2.37. The van der Waals surface area contributed by atoms with Crippen LogP contribution in [-0.4, -0.2) is 15.0 Å². The average Bonchev–Trinajstić information content (AvgIpc) is 2.17. The summed E-state index contributed by atoms with van der Waals surface area (Å²) in [5.74, 6) is -2.10. The molecule has 0 saturated heterocycles. The molecule has 0 aliphatic heterocycles. The van der Waals surface area contributed by atoms with Crippen LogP contribution in [0.5, 0.6) is 5.75 Å². The normalized spacial score (nSPS) is 10.7. The fourth-order valence-electron chi connectivity index (χ4n) is 0.939. The van der Waals surface area contributed by atoms with E-state index in [1.54, 1.807) is 0 Å². The Hall–Kier alpha value is -1.50. The van der Waals surface area contributed by atoms with E-state index < -0.39 is 28.6 Å². The van der Waals surface area contributed by atoms with Gasteiger partial charge in [-0.25, -0.2) is 8.78 Å². The van der Waals surface area contributed by atoms with Gasteiger partial charge in [-0.05, 0) is 16.0 Å². The molecule has 8 heteroatoms. The molecule has 5 nitrogen and oxygen atoms in total. The number of pyridine rings is 1. The van der Waals surface area contributed by atoms with Crippen LogP contribution >= 0.6 is 11.6 Å². The fourth-order valence-corrected chi connectivity index (χ4v) is 1.14. The van der Waals surface area contributed by atoms with Gasteiger partial charge in [-0.1, -0.05) is 0 Å². The van der Waals surface area contributed by atoms with Crippen LogP contribution in [0.4, 0.5) is 14.6 Å². The minimum atomic E-state index is -2.95. The number of alkyl halides is 3. The SMILES string of the molecule is O=[N+]([O-])c1nc(C(F)F)cc(CCl)c1O. The molecule has 15 heavy (non-hydrogen) atoms. The smallest absolute Gasteiger partial charge is 0.406 e. The lowest BCUT2D eigenvalue weighted by atomic mass is 10.2. The van der Waals surface area contributed by atoms with E-state index in [4.69, 9.17) is 11.6 Å². The van der Waals surface area contributed by atoms with Gasteiger partial charge in [-0.3, -0.25) is 0 Å². The summed E-state index contributed by atoms with van der Waals surface area (Å²) in [6, 6.07) is 0.833. The summed E-state index contributed by atoms with van der Waals surface area (Å²) in [6.45, 7) is 0. The average molecular weight is 239 g/mol. The number of nitro groups is 1. The summed E-state index contributed by atoms with van der Waals surface area (Å²) < 4.78 is 24.5. The van der Waals surface area contributed by atoms with Crippen LogP contribution in [0.2, 0.25) is 0 Å². The van der Waals surface area contributed by atoms with E-state index in [1.807, 2.05) is 0 Å². The number of hydrogen-bond donors (Lipinski definition) is 1. The molecule has 1 rings (SSSR count). The van der Waals surface area contributed by atoms with Crippen molar-refractivity contribution < 1.29 is 18.8 Å². The highest BCUT2D eigenvalue weighted by Gasteiger charge is 2.25. The van der Waals surface area contributed by atoms with Crippen LogP contribution in [0.3, 0.4) is 0 Å². The van der Waals surface area contributed by atoms with E-state index in [0.717, 1.165) is 6.07 Å². The molecule has 1 aromatic rings. The number of hydrogen-bond acceptors (Lipinski definition) is 4. The first-order chi connectivity index (χ1) is 6.97. The van der Waals surface area contributed by atoms with Gasteiger partial charge < -0.3 is 15.2 Å². The van der Waals surface area contributed by atoms with Gasteiger partial charge in [0, 0.05) is 5.56 Å². The van der Waals surface area contributed by atoms with Crippen molar-refractivity contribution >= 4 is 17.4 Å². The van der Waals surface area contributed by atoms with E-state index in [1.165, 1.54) is 0 Å². The highest BCUT2D eigenvalue weighted by Crippen LogP contribution is 2.32. The molecule has 0 saturated carbocycles. The third-order valence-corrected chi connectivity index (χ3v) is 1.90. The van der Waals surface area contributed by atoms with Gasteiger partial charge in [0.25, 0.3) is 0 Å². The summed E-state index contributed by atoms with van der Waals surface area (Å²) in [6.07, 6.45) is -2.95. The van der Waals surface area contributed by atoms with Crippen molar-refractivity contribution in [2.75, 3.05) is 0 Å². The molecule has 0 unspecified atom stereocenters. The monoisotopic (exact) mass is 238 g/mol. The molecule has 0 radical (unpaired) electrons. The van der Waals surface area contributed by atoms with Crippen LogP contribution in [0.25, 0.3) is 0 Å². The molecular formula is C7H5ClF2N2O3. The lowest BCUT2D eigenvalue weighted by molar-refractivity contribution is -0.390. The second-order valence-corrected chi connectivity index (χ2v) is 2.84. The number of aromatic nitrogens is 1. The first-order valence-electron chi connectivity index (χ1n) is 3.68. The Morgan fingerprint density at radius 1 is 1.67 bits per heavy atom. The lowest BCUT2D eigenvalue weighted by Crippen LogP contribution is -2.00. The quantitative estimate of drug-likeness (QED) is 0.498. The summed E-state index contributed by atoms with van der Waals surface area (Å²) in [5, 5.41) is 19.6. The van der Waals surface area contributed by atoms with Crippen LogP contribution in [0.15, 0.2) is 6.07 Å². The summed E-state index contributed by atoms with van der Waals surface area (Å²) in [5.41, 5.74) is -0.927. The molecule has 0 aliphatic rings. The van der Waals surface area contributed by atoms with E-state index in [0.29, 0.717) is 0 Å². The molecule has 0 bridgehead atoms. The molecule has 1 aromatic heterocycles. The molecule has 0 spiro atoms. The molecule has 1 heterocycles. The zero-order valence-electron chi connectivity index (χ0n) is 7.15. The van der Waals surface area contributed by atoms with Crippen molar-refractivity contribution in [2.24, 2.45) is 0 Å². The first kappa shape index (κ1) is 11.6. The number of rotatable bonds is 3. The van der Waals surface area contributed by atoms with Gasteiger partial charge in [0.2, 0.25) is 11.4 Å². The van der Waals surface area contributed by atoms with E-state index in [9.17, 15) is 24.0 Å². The zero-order valence-corrected chi connectivity index (χ0v) is 7.91. The summed E-state index contributed by atoms with van der Waals surface area (Å²) in [4.78, 5) is 12.3. The zero-order chi connectivity index (χ0) is 11.6. The van der Waals surface area contributed by atoms with Crippen LogP contribution in [-0.2, 0) is 5.88 Å². The van der Waals surface area contributed by atoms with E-state index in [-0.39, 0.29) is 11.4 Å². The third kappa shape index (κ3) is 2.30. The molecule has 0 aromatic carbocycles. The molecule has 0 atom stereocenters. The van der Waals surface area contributed by atoms with Crippen molar-refractivity contribution in [1.29, 1.82) is 0 Å². The molecule has 0 amide bonds. The second kappa shape index (κ2) is 4.35. The molecule has 0 fully saturated rings. The Balaban J connectivity index is 3.38. The van der Waals surface area contributed by atoms with Gasteiger partial charge >= 0.3 is 12.2 Å². The second-order valence-electron chi connectivity index (χ2n) is 2.57. The van der Waals surface area contributed by atoms with Gasteiger partial charge in [0.15, 0.2) is 0 Å². The lowest BCUT2D eigenvalue weighted by Gasteiger charge is -2.02. The topological polar surface area (TPSA) is 76.3 Å². The maximum Gasteiger partial charge on any atom is 0.406 e. The number of nitrogens with zero attached hydrogens (tertiary/aromatic N) is 2. The van der Waals surface area contributed by atoms with E-state index in [2.05, 4.69) is 4.98 Å². The van der Waals surface area contributed by atoms with Crippen LogP contribution in [0, 0.1) is 10.1 Å². The van der Waals surface area contributed by atoms with Gasteiger partial charge in [-0.15, -0.1) is 11.6 Å². The highest BCUT2D eigenvalue weighted by molar-refractivity contribution is 6.17. The van der Waals surface area contributed by atoms with Crippen LogP contribution < -0.4 is 0 Å². The Morgan fingerprint density at radius 3 is 2.67 bits per heavy atom. The molecular weight excluding hydrogens is 234 g/mol. The number of aromatic hydroxyl groups is 1. The summed E-state index contributed by atoms with van der Waals surface area (Å²) in [7, 11) is 0. The molecule has 1 N–H and O–H groups in total. The fraction of sp³-hybridized carbons (Fsp3) is 0.286. The van der Waals surface area contributed by atoms with Crippen molar-refractivity contribution in [3.8, 4) is 5.75 Å². The van der Waals surface area contributed by atoms with Crippen molar-refractivity contribution in [2.45, 2.75) is 12.3 Å². The summed E-state index contributed by atoms with van der Waals surface area (Å²) >= 11 is 5.33. The Labute approximate surface area is 87.5 Å². The molecule has 82 valence electrons. The molecule has 0 aliphatic carbocycles. The predicted molar refractivity (Wildman–Crippen MR) is 47.1 cm³/mol. The minimum Gasteiger partial charge on any atom is -0.501 e. The van der Waals surface area contributed by atoms with Crippen molar-refractivity contribution in [3.05, 3.63) is 27.4 Å². The van der Waals surface area contributed by atoms with Gasteiger partial charge in [0.05, 0.1) is 5.88 Å². The number of halogens is 3. The van der Waals surface area contributed by atoms with E-state index >= 15 is 0 Å².